The first kappa shape index (κ1) is 13.4. The molecule has 2 aromatic carbocycles. The minimum atomic E-state index is 1.10. The van der Waals surface area contributed by atoms with E-state index >= 15 is 0 Å². The van der Waals surface area contributed by atoms with Crippen LogP contribution in [0.2, 0.25) is 0 Å². The van der Waals surface area contributed by atoms with Gasteiger partial charge in [-0.2, -0.15) is 0 Å². The normalized spacial score (nSPS) is 10.0. The molecular formula is C18H21N. The minimum Gasteiger partial charge on any atom is -0.361 e. The van der Waals surface area contributed by atoms with Crippen molar-refractivity contribution >= 4 is 10.9 Å². The van der Waals surface area contributed by atoms with Crippen LogP contribution in [-0.2, 0) is 12.8 Å². The molecule has 0 amide bonds. The highest BCUT2D eigenvalue weighted by molar-refractivity contribution is 5.82. The number of aryl methyl sites for hydroxylation is 2. The molecule has 1 N–H and O–H groups in total. The van der Waals surface area contributed by atoms with Gasteiger partial charge in [0.15, 0.2) is 0 Å². The van der Waals surface area contributed by atoms with E-state index in [2.05, 4.69) is 73.6 Å². The van der Waals surface area contributed by atoms with Gasteiger partial charge in [-0.15, -0.1) is 0 Å². The molecule has 0 fully saturated rings. The van der Waals surface area contributed by atoms with Gasteiger partial charge < -0.3 is 4.98 Å². The maximum absolute atomic E-state index is 3.24. The van der Waals surface area contributed by atoms with Crippen LogP contribution in [0.25, 0.3) is 10.9 Å². The van der Waals surface area contributed by atoms with E-state index in [0.717, 1.165) is 12.8 Å². The molecule has 0 spiro atoms. The zero-order valence-corrected chi connectivity index (χ0v) is 11.7. The maximum atomic E-state index is 3.24. The zero-order chi connectivity index (χ0) is 13.5. The molecule has 3 rings (SSSR count). The molecule has 1 aromatic heterocycles. The zero-order valence-electron chi connectivity index (χ0n) is 11.7. The molecule has 1 heteroatoms. The summed E-state index contributed by atoms with van der Waals surface area (Å²) in [7, 11) is 0. The number of fused-ring (bicyclic) bond motifs is 1. The number of H-pyrrole nitrogens is 1. The fourth-order valence-electron chi connectivity index (χ4n) is 2.14. The molecule has 19 heavy (non-hydrogen) atoms. The summed E-state index contributed by atoms with van der Waals surface area (Å²) in [5.41, 5.74) is 4.05. The first-order valence-corrected chi connectivity index (χ1v) is 6.94. The van der Waals surface area contributed by atoms with E-state index in [-0.39, 0.29) is 0 Å². The summed E-state index contributed by atoms with van der Waals surface area (Å²) in [6, 6.07) is 18.9. The predicted molar refractivity (Wildman–Crippen MR) is 83.5 cm³/mol. The summed E-state index contributed by atoms with van der Waals surface area (Å²) >= 11 is 0. The highest BCUT2D eigenvalue weighted by Gasteiger charge is 1.97. The Morgan fingerprint density at radius 1 is 0.789 bits per heavy atom. The third-order valence-corrected chi connectivity index (χ3v) is 3.31. The van der Waals surface area contributed by atoms with E-state index < -0.39 is 0 Å². The standard InChI is InChI=1S/C10H11N.C8H10/c1-2-8-7-11-10-6-4-3-5-9(8)10;1-2-8-6-4-3-5-7-8/h3-7,11H,2H2,1H3;3-7H,2H2,1H3. The fraction of sp³-hybridized carbons (Fsp3) is 0.222. The first-order valence-electron chi connectivity index (χ1n) is 6.94. The lowest BCUT2D eigenvalue weighted by Gasteiger charge is -1.90. The molecule has 1 nitrogen and oxygen atoms in total. The summed E-state index contributed by atoms with van der Waals surface area (Å²) in [6.45, 7) is 4.34. The van der Waals surface area contributed by atoms with Gasteiger partial charge in [-0.25, -0.2) is 0 Å². The average molecular weight is 251 g/mol. The maximum Gasteiger partial charge on any atom is 0.0456 e. The summed E-state index contributed by atoms with van der Waals surface area (Å²) in [5.74, 6) is 0. The third kappa shape index (κ3) is 3.47. The summed E-state index contributed by atoms with van der Waals surface area (Å²) < 4.78 is 0. The third-order valence-electron chi connectivity index (χ3n) is 3.31. The van der Waals surface area contributed by atoms with Gasteiger partial charge in [0.2, 0.25) is 0 Å². The largest absolute Gasteiger partial charge is 0.361 e. The monoisotopic (exact) mass is 251 g/mol. The number of benzene rings is 2. The molecule has 3 aromatic rings. The van der Waals surface area contributed by atoms with Crippen molar-refractivity contribution in [3.05, 3.63) is 71.9 Å². The van der Waals surface area contributed by atoms with Gasteiger partial charge in [-0.3, -0.25) is 0 Å². The van der Waals surface area contributed by atoms with Gasteiger partial charge >= 0.3 is 0 Å². The van der Waals surface area contributed by atoms with Gasteiger partial charge in [0.25, 0.3) is 0 Å². The molecule has 0 aliphatic carbocycles. The van der Waals surface area contributed by atoms with Gasteiger partial charge in [0.1, 0.15) is 0 Å². The Hall–Kier alpha value is -2.02. The Morgan fingerprint density at radius 3 is 2.11 bits per heavy atom. The summed E-state index contributed by atoms with van der Waals surface area (Å²) in [4.78, 5) is 3.24. The molecule has 0 bridgehead atoms. The second-order valence-corrected chi connectivity index (χ2v) is 4.55. The highest BCUT2D eigenvalue weighted by atomic mass is 14.7. The second kappa shape index (κ2) is 6.79. The van der Waals surface area contributed by atoms with Crippen LogP contribution in [0.5, 0.6) is 0 Å². The Balaban J connectivity index is 0.000000148. The fourth-order valence-corrected chi connectivity index (χ4v) is 2.14. The number of rotatable bonds is 2. The first-order chi connectivity index (χ1) is 9.35. The van der Waals surface area contributed by atoms with E-state index in [1.54, 1.807) is 0 Å². The number of hydrogen-bond acceptors (Lipinski definition) is 0. The Morgan fingerprint density at radius 2 is 1.47 bits per heavy atom. The Kier molecular flexibility index (Phi) is 4.79. The van der Waals surface area contributed by atoms with Crippen molar-refractivity contribution in [3.8, 4) is 0 Å². The molecule has 0 saturated heterocycles. The van der Waals surface area contributed by atoms with Crippen LogP contribution in [0.3, 0.4) is 0 Å². The van der Waals surface area contributed by atoms with Gasteiger partial charge in [-0.1, -0.05) is 62.4 Å². The van der Waals surface area contributed by atoms with Gasteiger partial charge in [0.05, 0.1) is 0 Å². The Labute approximate surface area is 115 Å². The van der Waals surface area contributed by atoms with Crippen molar-refractivity contribution in [3.63, 3.8) is 0 Å². The van der Waals surface area contributed by atoms with E-state index in [1.807, 2.05) is 6.07 Å². The molecular weight excluding hydrogens is 230 g/mol. The van der Waals surface area contributed by atoms with Crippen molar-refractivity contribution in [2.45, 2.75) is 26.7 Å². The quantitative estimate of drug-likeness (QED) is 0.661. The van der Waals surface area contributed by atoms with Crippen molar-refractivity contribution < 1.29 is 0 Å². The van der Waals surface area contributed by atoms with Crippen LogP contribution in [0.4, 0.5) is 0 Å². The van der Waals surface area contributed by atoms with E-state index in [0.29, 0.717) is 0 Å². The molecule has 98 valence electrons. The van der Waals surface area contributed by atoms with Crippen molar-refractivity contribution in [2.24, 2.45) is 0 Å². The molecule has 0 radical (unpaired) electrons. The lowest BCUT2D eigenvalue weighted by Crippen LogP contribution is -1.73. The summed E-state index contributed by atoms with van der Waals surface area (Å²) in [5, 5.41) is 1.36. The molecule has 0 unspecified atom stereocenters. The van der Waals surface area contributed by atoms with Crippen LogP contribution >= 0.6 is 0 Å². The molecule has 0 aliphatic heterocycles. The highest BCUT2D eigenvalue weighted by Crippen LogP contribution is 2.17. The lowest BCUT2D eigenvalue weighted by atomic mass is 10.1. The van der Waals surface area contributed by atoms with Crippen molar-refractivity contribution in [2.75, 3.05) is 0 Å². The van der Waals surface area contributed by atoms with E-state index in [1.165, 1.54) is 22.0 Å². The SMILES string of the molecule is CCc1c[nH]c2ccccc12.CCc1ccccc1. The lowest BCUT2D eigenvalue weighted by molar-refractivity contribution is 1.14. The second-order valence-electron chi connectivity index (χ2n) is 4.55. The van der Waals surface area contributed by atoms with Crippen molar-refractivity contribution in [1.82, 2.24) is 4.98 Å². The predicted octanol–water partition coefficient (Wildman–Crippen LogP) is 4.98. The molecule has 0 atom stereocenters. The van der Waals surface area contributed by atoms with Crippen LogP contribution in [0.1, 0.15) is 25.0 Å². The molecule has 1 heterocycles. The Bertz CT molecular complexity index is 608. The number of nitrogens with one attached hydrogen (secondary N) is 1. The number of hydrogen-bond donors (Lipinski definition) is 1. The van der Waals surface area contributed by atoms with E-state index in [9.17, 15) is 0 Å². The number of aromatic amines is 1. The average Bonchev–Trinajstić information content (AvgIpc) is 2.92. The molecule has 0 aliphatic rings. The van der Waals surface area contributed by atoms with Crippen LogP contribution in [-0.4, -0.2) is 4.98 Å². The van der Waals surface area contributed by atoms with Crippen LogP contribution in [0, 0.1) is 0 Å². The van der Waals surface area contributed by atoms with Gasteiger partial charge in [-0.05, 0) is 30.0 Å². The van der Waals surface area contributed by atoms with Crippen LogP contribution in [0.15, 0.2) is 60.8 Å². The number of para-hydroxylation sites is 1. The van der Waals surface area contributed by atoms with Crippen molar-refractivity contribution in [1.29, 1.82) is 0 Å². The minimum absolute atomic E-state index is 1.10. The van der Waals surface area contributed by atoms with Crippen LogP contribution < -0.4 is 0 Å². The number of aromatic nitrogens is 1. The molecule has 0 saturated carbocycles. The van der Waals surface area contributed by atoms with E-state index in [4.69, 9.17) is 0 Å². The smallest absolute Gasteiger partial charge is 0.0456 e. The van der Waals surface area contributed by atoms with Gasteiger partial charge in [0, 0.05) is 17.1 Å². The summed E-state index contributed by atoms with van der Waals surface area (Å²) in [6.07, 6.45) is 4.33. The topological polar surface area (TPSA) is 15.8 Å².